The SMILES string of the molecule is CC(=O)NCC[C@@H]1CCCCN1S(=O)(=O)c1ccc(F)c(Cl)c1. The van der Waals surface area contributed by atoms with Crippen LogP contribution in [0.4, 0.5) is 4.39 Å². The third-order valence-electron chi connectivity index (χ3n) is 3.92. The van der Waals surface area contributed by atoms with E-state index in [1.54, 1.807) is 0 Å². The number of carbonyl (C=O) groups excluding carboxylic acids is 1. The summed E-state index contributed by atoms with van der Waals surface area (Å²) in [5, 5.41) is 2.48. The van der Waals surface area contributed by atoms with Gasteiger partial charge in [-0.25, -0.2) is 12.8 Å². The highest BCUT2D eigenvalue weighted by molar-refractivity contribution is 7.89. The van der Waals surface area contributed by atoms with E-state index in [0.717, 1.165) is 31.4 Å². The van der Waals surface area contributed by atoms with Gasteiger partial charge < -0.3 is 5.32 Å². The molecule has 5 nitrogen and oxygen atoms in total. The van der Waals surface area contributed by atoms with Crippen LogP contribution in [0.15, 0.2) is 23.1 Å². The predicted octanol–water partition coefficient (Wildman–Crippen LogP) is 2.55. The molecule has 8 heteroatoms. The summed E-state index contributed by atoms with van der Waals surface area (Å²) in [7, 11) is -3.73. The number of hydrogen-bond donors (Lipinski definition) is 1. The summed E-state index contributed by atoms with van der Waals surface area (Å²) in [4.78, 5) is 11.0. The lowest BCUT2D eigenvalue weighted by molar-refractivity contribution is -0.119. The minimum Gasteiger partial charge on any atom is -0.356 e. The van der Waals surface area contributed by atoms with Crippen molar-refractivity contribution < 1.29 is 17.6 Å². The second-order valence-electron chi connectivity index (χ2n) is 5.61. The molecule has 1 atom stereocenters. The maximum absolute atomic E-state index is 13.3. The molecule has 1 amide bonds. The predicted molar refractivity (Wildman–Crippen MR) is 86.2 cm³/mol. The van der Waals surface area contributed by atoms with E-state index in [1.807, 2.05) is 0 Å². The number of nitrogens with zero attached hydrogens (tertiary/aromatic N) is 1. The van der Waals surface area contributed by atoms with Crippen molar-refractivity contribution in [2.45, 2.75) is 43.5 Å². The van der Waals surface area contributed by atoms with E-state index in [1.165, 1.54) is 17.3 Å². The molecule has 0 bridgehead atoms. The van der Waals surface area contributed by atoms with Crippen LogP contribution in [0.25, 0.3) is 0 Å². The first-order valence-corrected chi connectivity index (χ1v) is 9.35. The van der Waals surface area contributed by atoms with Crippen LogP contribution in [0.2, 0.25) is 5.02 Å². The smallest absolute Gasteiger partial charge is 0.243 e. The molecule has 1 aliphatic rings. The molecule has 2 rings (SSSR count). The van der Waals surface area contributed by atoms with Crippen LogP contribution in [0.3, 0.4) is 0 Å². The number of hydrogen-bond acceptors (Lipinski definition) is 3. The number of halogens is 2. The molecule has 1 aliphatic heterocycles. The number of carbonyl (C=O) groups is 1. The van der Waals surface area contributed by atoms with Crippen molar-refractivity contribution in [3.8, 4) is 0 Å². The van der Waals surface area contributed by atoms with Crippen LogP contribution in [-0.2, 0) is 14.8 Å². The summed E-state index contributed by atoms with van der Waals surface area (Å²) < 4.78 is 40.3. The number of piperidine rings is 1. The highest BCUT2D eigenvalue weighted by Crippen LogP contribution is 2.28. The second kappa shape index (κ2) is 7.59. The molecule has 1 saturated heterocycles. The lowest BCUT2D eigenvalue weighted by atomic mass is 10.0. The summed E-state index contributed by atoms with van der Waals surface area (Å²) in [5.41, 5.74) is 0. The zero-order valence-electron chi connectivity index (χ0n) is 12.9. The number of benzene rings is 1. The van der Waals surface area contributed by atoms with E-state index < -0.39 is 15.8 Å². The van der Waals surface area contributed by atoms with E-state index in [4.69, 9.17) is 11.6 Å². The zero-order valence-corrected chi connectivity index (χ0v) is 14.5. The van der Waals surface area contributed by atoms with Crippen molar-refractivity contribution in [2.24, 2.45) is 0 Å². The lowest BCUT2D eigenvalue weighted by Crippen LogP contribution is -2.45. The molecule has 0 unspecified atom stereocenters. The fraction of sp³-hybridized carbons (Fsp3) is 0.533. The Bertz CT molecular complexity index is 681. The first kappa shape index (κ1) is 18.2. The van der Waals surface area contributed by atoms with E-state index in [-0.39, 0.29) is 21.9 Å². The van der Waals surface area contributed by atoms with Gasteiger partial charge in [0.2, 0.25) is 15.9 Å². The number of nitrogens with one attached hydrogen (secondary N) is 1. The Balaban J connectivity index is 2.20. The fourth-order valence-electron chi connectivity index (χ4n) is 2.77. The number of sulfonamides is 1. The van der Waals surface area contributed by atoms with Gasteiger partial charge in [-0.1, -0.05) is 18.0 Å². The molecule has 1 aromatic rings. The van der Waals surface area contributed by atoms with Crippen LogP contribution in [-0.4, -0.2) is 37.8 Å². The summed E-state index contributed by atoms with van der Waals surface area (Å²) in [6, 6.07) is 3.26. The molecule has 23 heavy (non-hydrogen) atoms. The quantitative estimate of drug-likeness (QED) is 0.875. The van der Waals surface area contributed by atoms with Crippen molar-refractivity contribution in [2.75, 3.05) is 13.1 Å². The molecule has 1 heterocycles. The highest BCUT2D eigenvalue weighted by Gasteiger charge is 2.33. The molecular weight excluding hydrogens is 343 g/mol. The van der Waals surface area contributed by atoms with Crippen LogP contribution in [0.1, 0.15) is 32.6 Å². The largest absolute Gasteiger partial charge is 0.356 e. The molecule has 0 spiro atoms. The Kier molecular flexibility index (Phi) is 6.00. The van der Waals surface area contributed by atoms with Gasteiger partial charge in [-0.2, -0.15) is 4.31 Å². The minimum absolute atomic E-state index is 0.00433. The molecule has 0 aromatic heterocycles. The standard InChI is InChI=1S/C15H20ClFN2O3S/c1-11(20)18-8-7-12-4-2-3-9-19(12)23(21,22)13-5-6-15(17)14(16)10-13/h5-6,10,12H,2-4,7-9H2,1H3,(H,18,20)/t12-/m0/s1. The van der Waals surface area contributed by atoms with Crippen molar-refractivity contribution >= 4 is 27.5 Å². The van der Waals surface area contributed by atoms with Crippen LogP contribution < -0.4 is 5.32 Å². The Hall–Kier alpha value is -1.18. The number of rotatable bonds is 5. The van der Waals surface area contributed by atoms with Gasteiger partial charge in [0.25, 0.3) is 0 Å². The van der Waals surface area contributed by atoms with Gasteiger partial charge in [-0.3, -0.25) is 4.79 Å². The van der Waals surface area contributed by atoms with Crippen LogP contribution >= 0.6 is 11.6 Å². The molecule has 1 aromatic carbocycles. The van der Waals surface area contributed by atoms with E-state index >= 15 is 0 Å². The molecule has 128 valence electrons. The second-order valence-corrected chi connectivity index (χ2v) is 7.91. The number of amides is 1. The third-order valence-corrected chi connectivity index (χ3v) is 6.16. The monoisotopic (exact) mass is 362 g/mol. The van der Waals surface area contributed by atoms with Gasteiger partial charge in [0.1, 0.15) is 5.82 Å². The van der Waals surface area contributed by atoms with Crippen LogP contribution in [0.5, 0.6) is 0 Å². The fourth-order valence-corrected chi connectivity index (χ4v) is 4.76. The third kappa shape index (κ3) is 4.43. The minimum atomic E-state index is -3.73. The topological polar surface area (TPSA) is 66.5 Å². The molecule has 0 saturated carbocycles. The first-order chi connectivity index (χ1) is 10.8. The van der Waals surface area contributed by atoms with E-state index in [0.29, 0.717) is 19.5 Å². The van der Waals surface area contributed by atoms with E-state index in [9.17, 15) is 17.6 Å². The lowest BCUT2D eigenvalue weighted by Gasteiger charge is -2.34. The highest BCUT2D eigenvalue weighted by atomic mass is 35.5. The normalized spacial score (nSPS) is 19.5. The molecule has 0 aliphatic carbocycles. The van der Waals surface area contributed by atoms with Crippen molar-refractivity contribution in [1.82, 2.24) is 9.62 Å². The summed E-state index contributed by atoms with van der Waals surface area (Å²) in [6.07, 6.45) is 3.02. The average molecular weight is 363 g/mol. The molecule has 1 N–H and O–H groups in total. The van der Waals surface area contributed by atoms with Gasteiger partial charge in [-0.15, -0.1) is 0 Å². The first-order valence-electron chi connectivity index (χ1n) is 7.53. The van der Waals surface area contributed by atoms with Gasteiger partial charge in [0.15, 0.2) is 0 Å². The van der Waals surface area contributed by atoms with Gasteiger partial charge in [-0.05, 0) is 37.5 Å². The van der Waals surface area contributed by atoms with Gasteiger partial charge in [0, 0.05) is 26.1 Å². The van der Waals surface area contributed by atoms with Crippen molar-refractivity contribution in [1.29, 1.82) is 0 Å². The maximum Gasteiger partial charge on any atom is 0.243 e. The van der Waals surface area contributed by atoms with Gasteiger partial charge >= 0.3 is 0 Å². The Labute approximate surface area is 140 Å². The summed E-state index contributed by atoms with van der Waals surface area (Å²) in [5.74, 6) is -0.785. The Morgan fingerprint density at radius 2 is 2.17 bits per heavy atom. The molecular formula is C15H20ClFN2O3S. The average Bonchev–Trinajstić information content (AvgIpc) is 2.50. The van der Waals surface area contributed by atoms with E-state index in [2.05, 4.69) is 5.32 Å². The Morgan fingerprint density at radius 1 is 1.43 bits per heavy atom. The Morgan fingerprint density at radius 3 is 2.83 bits per heavy atom. The molecule has 0 radical (unpaired) electrons. The van der Waals surface area contributed by atoms with Crippen molar-refractivity contribution in [3.63, 3.8) is 0 Å². The van der Waals surface area contributed by atoms with Crippen molar-refractivity contribution in [3.05, 3.63) is 29.0 Å². The van der Waals surface area contributed by atoms with Gasteiger partial charge in [0.05, 0.1) is 9.92 Å². The zero-order chi connectivity index (χ0) is 17.0. The summed E-state index contributed by atoms with van der Waals surface area (Å²) >= 11 is 5.71. The van der Waals surface area contributed by atoms with Crippen LogP contribution in [0, 0.1) is 5.82 Å². The summed E-state index contributed by atoms with van der Waals surface area (Å²) in [6.45, 7) is 2.27. The molecule has 1 fully saturated rings. The maximum atomic E-state index is 13.3.